The molecule has 0 N–H and O–H groups in total. The molecule has 0 aliphatic heterocycles. The highest BCUT2D eigenvalue weighted by molar-refractivity contribution is 7.99. The van der Waals surface area contributed by atoms with Gasteiger partial charge in [0, 0.05) is 18.9 Å². The zero-order valence-corrected chi connectivity index (χ0v) is 16.3. The van der Waals surface area contributed by atoms with Crippen molar-refractivity contribution in [1.29, 1.82) is 0 Å². The first-order valence-corrected chi connectivity index (χ1v) is 9.97. The van der Waals surface area contributed by atoms with Crippen molar-refractivity contribution >= 4 is 17.7 Å². The summed E-state index contributed by atoms with van der Waals surface area (Å²) in [5, 5.41) is 8.38. The van der Waals surface area contributed by atoms with Crippen molar-refractivity contribution in [1.82, 2.24) is 20.1 Å². The van der Waals surface area contributed by atoms with Crippen molar-refractivity contribution in [2.24, 2.45) is 0 Å². The molecule has 0 spiro atoms. The lowest BCUT2D eigenvalue weighted by Gasteiger charge is -2.21. The van der Waals surface area contributed by atoms with Gasteiger partial charge in [-0.05, 0) is 29.8 Å². The molecule has 0 atom stereocenters. The predicted octanol–water partition coefficient (Wildman–Crippen LogP) is 4.05. The van der Waals surface area contributed by atoms with Crippen LogP contribution in [0.5, 0.6) is 0 Å². The number of carbonyl (C=O) groups excluding carboxylic acids is 1. The summed E-state index contributed by atoms with van der Waals surface area (Å²) in [4.78, 5) is 18.7. The molecule has 7 nitrogen and oxygen atoms in total. The highest BCUT2D eigenvalue weighted by atomic mass is 32.2. The van der Waals surface area contributed by atoms with Crippen LogP contribution in [0.3, 0.4) is 0 Å². The number of hydrogen-bond acceptors (Lipinski definition) is 7. The van der Waals surface area contributed by atoms with Crippen LogP contribution < -0.4 is 0 Å². The number of nitrogens with zero attached hydrogens (tertiary/aromatic N) is 4. The summed E-state index contributed by atoms with van der Waals surface area (Å²) in [7, 11) is 0. The molecule has 4 aromatic rings. The number of rotatable bonds is 8. The van der Waals surface area contributed by atoms with E-state index in [-0.39, 0.29) is 11.7 Å². The lowest BCUT2D eigenvalue weighted by atomic mass is 10.2. The number of carbonyl (C=O) groups is 1. The van der Waals surface area contributed by atoms with Crippen LogP contribution in [-0.2, 0) is 17.9 Å². The van der Waals surface area contributed by atoms with E-state index in [1.807, 2.05) is 48.5 Å². The Morgan fingerprint density at radius 2 is 1.90 bits per heavy atom. The molecule has 4 rings (SSSR count). The molecule has 29 heavy (non-hydrogen) atoms. The van der Waals surface area contributed by atoms with Gasteiger partial charge >= 0.3 is 0 Å². The molecule has 3 heterocycles. The Labute approximate surface area is 171 Å². The van der Waals surface area contributed by atoms with Gasteiger partial charge in [-0.3, -0.25) is 9.78 Å². The Hall–Kier alpha value is -3.39. The molecule has 0 unspecified atom stereocenters. The molecule has 0 bridgehead atoms. The zero-order valence-electron chi connectivity index (χ0n) is 15.5. The minimum Gasteiger partial charge on any atom is -0.467 e. The SMILES string of the molecule is O=C(CSc1nnc(-c2cccnc2)o1)N(Cc1ccccc1)Cc1ccco1. The smallest absolute Gasteiger partial charge is 0.277 e. The minimum atomic E-state index is -0.0450. The van der Waals surface area contributed by atoms with Crippen LogP contribution in [0.2, 0.25) is 0 Å². The lowest BCUT2D eigenvalue weighted by molar-refractivity contribution is -0.129. The Bertz CT molecular complexity index is 1040. The van der Waals surface area contributed by atoms with Crippen LogP contribution in [0.1, 0.15) is 11.3 Å². The third-order valence-corrected chi connectivity index (χ3v) is 4.93. The fourth-order valence-electron chi connectivity index (χ4n) is 2.72. The Morgan fingerprint density at radius 3 is 2.66 bits per heavy atom. The average molecular weight is 406 g/mol. The standard InChI is InChI=1S/C21H18N4O3S/c26-19(15-29-21-24-23-20(28-21)17-8-4-10-22-12-17)25(14-18-9-5-11-27-18)13-16-6-2-1-3-7-16/h1-12H,13-15H2. The third-order valence-electron chi connectivity index (χ3n) is 4.13. The molecule has 1 amide bonds. The van der Waals surface area contributed by atoms with Crippen molar-refractivity contribution in [3.8, 4) is 11.5 Å². The van der Waals surface area contributed by atoms with Gasteiger partial charge in [0.15, 0.2) is 0 Å². The Kier molecular flexibility index (Phi) is 6.01. The zero-order chi connectivity index (χ0) is 19.9. The molecular weight excluding hydrogens is 388 g/mol. The van der Waals surface area contributed by atoms with Crippen molar-refractivity contribution < 1.29 is 13.6 Å². The van der Waals surface area contributed by atoms with Gasteiger partial charge in [-0.15, -0.1) is 10.2 Å². The first-order valence-electron chi connectivity index (χ1n) is 8.99. The molecular formula is C21H18N4O3S. The maximum atomic E-state index is 12.9. The average Bonchev–Trinajstić information content (AvgIpc) is 3.45. The fourth-order valence-corrected chi connectivity index (χ4v) is 3.38. The molecule has 0 saturated carbocycles. The van der Waals surface area contributed by atoms with Crippen LogP contribution >= 0.6 is 11.8 Å². The van der Waals surface area contributed by atoms with Crippen LogP contribution in [0.15, 0.2) is 87.3 Å². The summed E-state index contributed by atoms with van der Waals surface area (Å²) in [5.74, 6) is 1.25. The summed E-state index contributed by atoms with van der Waals surface area (Å²) in [6.45, 7) is 0.887. The summed E-state index contributed by atoms with van der Waals surface area (Å²) >= 11 is 1.21. The van der Waals surface area contributed by atoms with E-state index in [0.29, 0.717) is 24.2 Å². The summed E-state index contributed by atoms with van der Waals surface area (Å²) in [5.41, 5.74) is 1.79. The second-order valence-electron chi connectivity index (χ2n) is 6.22. The highest BCUT2D eigenvalue weighted by Crippen LogP contribution is 2.23. The topological polar surface area (TPSA) is 85.3 Å². The van der Waals surface area contributed by atoms with Gasteiger partial charge in [0.1, 0.15) is 5.76 Å². The number of amides is 1. The first kappa shape index (κ1) is 18.9. The van der Waals surface area contributed by atoms with Gasteiger partial charge in [0.2, 0.25) is 11.8 Å². The van der Waals surface area contributed by atoms with Crippen molar-refractivity contribution in [2.75, 3.05) is 5.75 Å². The molecule has 1 aromatic carbocycles. The summed E-state index contributed by atoms with van der Waals surface area (Å²) in [6, 6.07) is 17.2. The quantitative estimate of drug-likeness (QED) is 0.408. The molecule has 0 saturated heterocycles. The predicted molar refractivity (Wildman–Crippen MR) is 108 cm³/mol. The fraction of sp³-hybridized carbons (Fsp3) is 0.143. The molecule has 0 fully saturated rings. The molecule has 0 aliphatic carbocycles. The van der Waals surface area contributed by atoms with E-state index in [4.69, 9.17) is 8.83 Å². The number of pyridine rings is 1. The molecule has 3 aromatic heterocycles. The van der Waals surface area contributed by atoms with Gasteiger partial charge in [0.05, 0.1) is 24.1 Å². The van der Waals surface area contributed by atoms with Crippen LogP contribution in [0.25, 0.3) is 11.5 Å². The van der Waals surface area contributed by atoms with Gasteiger partial charge in [-0.25, -0.2) is 0 Å². The number of hydrogen-bond donors (Lipinski definition) is 0. The maximum absolute atomic E-state index is 12.9. The number of thioether (sulfide) groups is 1. The number of benzene rings is 1. The number of aromatic nitrogens is 3. The summed E-state index contributed by atoms with van der Waals surface area (Å²) < 4.78 is 11.1. The van der Waals surface area contributed by atoms with Crippen molar-refractivity contribution in [3.05, 3.63) is 84.6 Å². The molecule has 0 radical (unpaired) electrons. The van der Waals surface area contributed by atoms with Gasteiger partial charge in [-0.1, -0.05) is 42.1 Å². The van der Waals surface area contributed by atoms with Gasteiger partial charge < -0.3 is 13.7 Å². The second-order valence-corrected chi connectivity index (χ2v) is 7.14. The van der Waals surface area contributed by atoms with Crippen molar-refractivity contribution in [3.63, 3.8) is 0 Å². The van der Waals surface area contributed by atoms with Crippen LogP contribution in [0.4, 0.5) is 0 Å². The van der Waals surface area contributed by atoms with Crippen LogP contribution in [0, 0.1) is 0 Å². The van der Waals surface area contributed by atoms with Gasteiger partial charge in [-0.2, -0.15) is 0 Å². The largest absolute Gasteiger partial charge is 0.467 e. The second kappa shape index (κ2) is 9.20. The van der Waals surface area contributed by atoms with E-state index in [9.17, 15) is 4.79 Å². The number of furan rings is 1. The monoisotopic (exact) mass is 406 g/mol. The minimum absolute atomic E-state index is 0.0450. The first-order chi connectivity index (χ1) is 14.3. The van der Waals surface area contributed by atoms with E-state index in [1.54, 1.807) is 29.6 Å². The maximum Gasteiger partial charge on any atom is 0.277 e. The lowest BCUT2D eigenvalue weighted by Crippen LogP contribution is -2.31. The summed E-state index contributed by atoms with van der Waals surface area (Å²) in [6.07, 6.45) is 4.93. The van der Waals surface area contributed by atoms with E-state index in [0.717, 1.165) is 16.9 Å². The van der Waals surface area contributed by atoms with E-state index in [2.05, 4.69) is 15.2 Å². The van der Waals surface area contributed by atoms with E-state index >= 15 is 0 Å². The van der Waals surface area contributed by atoms with E-state index < -0.39 is 0 Å². The molecule has 8 heteroatoms. The normalized spacial score (nSPS) is 10.8. The molecule has 0 aliphatic rings. The Morgan fingerprint density at radius 1 is 1.00 bits per heavy atom. The Balaban J connectivity index is 1.41. The van der Waals surface area contributed by atoms with Gasteiger partial charge in [0.25, 0.3) is 5.22 Å². The third kappa shape index (κ3) is 5.11. The van der Waals surface area contributed by atoms with Crippen LogP contribution in [-0.4, -0.2) is 31.7 Å². The molecule has 146 valence electrons. The highest BCUT2D eigenvalue weighted by Gasteiger charge is 2.18. The van der Waals surface area contributed by atoms with Crippen molar-refractivity contribution in [2.45, 2.75) is 18.3 Å². The van der Waals surface area contributed by atoms with E-state index in [1.165, 1.54) is 11.8 Å².